The van der Waals surface area contributed by atoms with Crippen molar-refractivity contribution in [2.75, 3.05) is 19.5 Å². The van der Waals surface area contributed by atoms with Crippen LogP contribution in [0.1, 0.15) is 19.8 Å². The van der Waals surface area contributed by atoms with Crippen LogP contribution in [-0.2, 0) is 20.0 Å². The summed E-state index contributed by atoms with van der Waals surface area (Å²) in [5, 5.41) is 10.4. The van der Waals surface area contributed by atoms with Crippen molar-refractivity contribution in [1.82, 2.24) is 4.98 Å². The molecule has 1 saturated carbocycles. The Labute approximate surface area is 202 Å². The average Bonchev–Trinajstić information content (AvgIpc) is 3.57. The standard InChI is InChI=1S/C17H16N2O6S.C5H8O.CH2O2/c1-18-11-3-5-12(6-4-11)24-15-7-8-19-14-10-16(23-2)17(9-13(14)15)25-26(20,21)22;1-5(4-6)2-3-5;2-1-3/h3-10,18H,1-2H3,(H,20,21,22);4H,2-3H2,1H3;1H,(H,2,3). The molecule has 2 aromatic carbocycles. The van der Waals surface area contributed by atoms with Gasteiger partial charge in [-0.2, -0.15) is 8.42 Å². The fourth-order valence-electron chi connectivity index (χ4n) is 2.69. The number of aldehydes is 1. The number of nitrogens with one attached hydrogen (secondary N) is 1. The predicted molar refractivity (Wildman–Crippen MR) is 129 cm³/mol. The number of nitrogens with zero attached hydrogens (tertiary/aromatic N) is 1. The molecule has 3 N–H and O–H groups in total. The number of carbonyl (C=O) groups excluding carboxylic acids is 1. The van der Waals surface area contributed by atoms with Crippen LogP contribution in [-0.4, -0.2) is 50.0 Å². The number of hydrogen-bond acceptors (Lipinski definition) is 9. The van der Waals surface area contributed by atoms with E-state index >= 15 is 0 Å². The normalized spacial score (nSPS) is 13.1. The first-order chi connectivity index (χ1) is 16.6. The van der Waals surface area contributed by atoms with E-state index in [0.717, 1.165) is 24.8 Å². The third kappa shape index (κ3) is 8.43. The predicted octanol–water partition coefficient (Wildman–Crippen LogP) is 3.95. The highest BCUT2D eigenvalue weighted by atomic mass is 32.3. The van der Waals surface area contributed by atoms with Crippen molar-refractivity contribution in [1.29, 1.82) is 0 Å². The first kappa shape index (κ1) is 27.3. The molecule has 0 unspecified atom stereocenters. The van der Waals surface area contributed by atoms with E-state index in [9.17, 15) is 13.2 Å². The third-order valence-electron chi connectivity index (χ3n) is 4.88. The summed E-state index contributed by atoms with van der Waals surface area (Å²) < 4.78 is 46.6. The largest absolute Gasteiger partial charge is 0.493 e. The minimum absolute atomic E-state index is 0.109. The zero-order valence-corrected chi connectivity index (χ0v) is 20.1. The van der Waals surface area contributed by atoms with Crippen LogP contribution in [0.15, 0.2) is 48.7 Å². The second-order valence-corrected chi connectivity index (χ2v) is 8.62. The summed E-state index contributed by atoms with van der Waals surface area (Å²) in [6.45, 7) is 1.74. The fraction of sp³-hybridized carbons (Fsp3) is 0.261. The van der Waals surface area contributed by atoms with Gasteiger partial charge in [-0.1, -0.05) is 6.92 Å². The number of anilines is 1. The van der Waals surface area contributed by atoms with Crippen molar-refractivity contribution in [3.8, 4) is 23.0 Å². The van der Waals surface area contributed by atoms with E-state index in [1.807, 2.05) is 26.1 Å². The molecule has 0 spiro atoms. The number of benzene rings is 2. The first-order valence-corrected chi connectivity index (χ1v) is 11.6. The molecule has 1 fully saturated rings. The molecular weight excluding hydrogens is 480 g/mol. The van der Waals surface area contributed by atoms with E-state index in [1.54, 1.807) is 24.4 Å². The summed E-state index contributed by atoms with van der Waals surface area (Å²) in [6, 6.07) is 11.8. The lowest BCUT2D eigenvalue weighted by Gasteiger charge is -2.12. The average molecular weight is 507 g/mol. The monoisotopic (exact) mass is 506 g/mol. The molecule has 4 rings (SSSR count). The molecule has 1 aliphatic rings. The fourth-order valence-corrected chi connectivity index (χ4v) is 3.04. The Hall–Kier alpha value is -3.90. The number of ether oxygens (including phenoxy) is 2. The molecule has 1 heterocycles. The minimum Gasteiger partial charge on any atom is -0.493 e. The van der Waals surface area contributed by atoms with Crippen molar-refractivity contribution in [3.05, 3.63) is 48.7 Å². The molecule has 35 heavy (non-hydrogen) atoms. The third-order valence-corrected chi connectivity index (χ3v) is 5.27. The van der Waals surface area contributed by atoms with E-state index in [0.29, 0.717) is 22.4 Å². The Kier molecular flexibility index (Phi) is 9.37. The quantitative estimate of drug-likeness (QED) is 0.314. The maximum Gasteiger partial charge on any atom is 0.446 e. The number of aromatic nitrogens is 1. The molecule has 3 aromatic rings. The summed E-state index contributed by atoms with van der Waals surface area (Å²) >= 11 is 0. The van der Waals surface area contributed by atoms with Crippen molar-refractivity contribution < 1.29 is 41.3 Å². The number of methoxy groups -OCH3 is 1. The molecule has 0 aliphatic heterocycles. The van der Waals surface area contributed by atoms with Crippen LogP contribution in [0, 0.1) is 5.41 Å². The van der Waals surface area contributed by atoms with Crippen LogP contribution in [0.25, 0.3) is 10.9 Å². The van der Waals surface area contributed by atoms with Crippen LogP contribution in [0.5, 0.6) is 23.0 Å². The van der Waals surface area contributed by atoms with Gasteiger partial charge in [-0.3, -0.25) is 14.3 Å². The van der Waals surface area contributed by atoms with Crippen molar-refractivity contribution in [3.63, 3.8) is 0 Å². The van der Waals surface area contributed by atoms with Gasteiger partial charge in [0, 0.05) is 35.8 Å². The Morgan fingerprint density at radius 2 is 1.69 bits per heavy atom. The molecule has 12 heteroatoms. The van der Waals surface area contributed by atoms with Crippen LogP contribution in [0.2, 0.25) is 0 Å². The molecule has 0 bridgehead atoms. The first-order valence-electron chi connectivity index (χ1n) is 10.2. The van der Waals surface area contributed by atoms with Crippen LogP contribution in [0.4, 0.5) is 5.69 Å². The molecule has 0 atom stereocenters. The summed E-state index contributed by atoms with van der Waals surface area (Å²) in [4.78, 5) is 22.5. The molecule has 1 aromatic heterocycles. The highest BCUT2D eigenvalue weighted by molar-refractivity contribution is 7.81. The second-order valence-electron chi connectivity index (χ2n) is 7.59. The van der Waals surface area contributed by atoms with Gasteiger partial charge in [0.15, 0.2) is 11.5 Å². The number of carbonyl (C=O) groups is 2. The summed E-state index contributed by atoms with van der Waals surface area (Å²) in [7, 11) is -1.54. The van der Waals surface area contributed by atoms with Crippen LogP contribution >= 0.6 is 0 Å². The zero-order valence-electron chi connectivity index (χ0n) is 19.3. The van der Waals surface area contributed by atoms with Gasteiger partial charge in [0.1, 0.15) is 17.8 Å². The maximum absolute atomic E-state index is 11.1. The highest BCUT2D eigenvalue weighted by Crippen LogP contribution is 2.42. The second kappa shape index (κ2) is 12.0. The van der Waals surface area contributed by atoms with Crippen molar-refractivity contribution >= 4 is 39.7 Å². The Morgan fingerprint density at radius 3 is 2.14 bits per heavy atom. The topological polar surface area (TPSA) is 161 Å². The smallest absolute Gasteiger partial charge is 0.446 e. The van der Waals surface area contributed by atoms with Gasteiger partial charge in [-0.25, -0.2) is 0 Å². The maximum atomic E-state index is 11.1. The lowest BCUT2D eigenvalue weighted by molar-refractivity contribution is -0.122. The summed E-state index contributed by atoms with van der Waals surface area (Å²) in [6.07, 6.45) is 4.82. The van der Waals surface area contributed by atoms with Crippen LogP contribution in [0.3, 0.4) is 0 Å². The number of carboxylic acid groups (broad SMARTS) is 1. The highest BCUT2D eigenvalue weighted by Gasteiger charge is 2.36. The number of pyridine rings is 1. The van der Waals surface area contributed by atoms with Gasteiger partial charge >= 0.3 is 10.4 Å². The Morgan fingerprint density at radius 1 is 1.06 bits per heavy atom. The molecule has 0 radical (unpaired) electrons. The zero-order chi connectivity index (χ0) is 26.1. The summed E-state index contributed by atoms with van der Waals surface area (Å²) in [5.74, 6) is 0.962. The molecular formula is C23H26N2O9S. The van der Waals surface area contributed by atoms with E-state index < -0.39 is 10.4 Å². The van der Waals surface area contributed by atoms with Crippen molar-refractivity contribution in [2.45, 2.75) is 19.8 Å². The van der Waals surface area contributed by atoms with E-state index in [1.165, 1.54) is 19.2 Å². The van der Waals surface area contributed by atoms with Gasteiger partial charge in [0.25, 0.3) is 6.47 Å². The van der Waals surface area contributed by atoms with E-state index in [2.05, 4.69) is 14.5 Å². The Balaban J connectivity index is 0.000000406. The van der Waals surface area contributed by atoms with Crippen LogP contribution < -0.4 is 19.0 Å². The van der Waals surface area contributed by atoms with E-state index in [-0.39, 0.29) is 23.4 Å². The molecule has 0 saturated heterocycles. The number of rotatable bonds is 7. The van der Waals surface area contributed by atoms with E-state index in [4.69, 9.17) is 23.9 Å². The van der Waals surface area contributed by atoms with Gasteiger partial charge in [-0.05, 0) is 49.2 Å². The van der Waals surface area contributed by atoms with Gasteiger partial charge in [0.2, 0.25) is 0 Å². The van der Waals surface area contributed by atoms with Gasteiger partial charge in [-0.15, -0.1) is 0 Å². The number of hydrogen-bond donors (Lipinski definition) is 3. The lowest BCUT2D eigenvalue weighted by Crippen LogP contribution is -2.07. The molecule has 188 valence electrons. The van der Waals surface area contributed by atoms with Crippen molar-refractivity contribution in [2.24, 2.45) is 5.41 Å². The van der Waals surface area contributed by atoms with Gasteiger partial charge in [0.05, 0.1) is 12.6 Å². The molecule has 0 amide bonds. The SMILES string of the molecule is CC1(C=O)CC1.CNc1ccc(Oc2ccnc3cc(OC)c(OS(=O)(=O)O)cc23)cc1.O=CO. The molecule has 1 aliphatic carbocycles. The number of fused-ring (bicyclic) bond motifs is 1. The lowest BCUT2D eigenvalue weighted by atomic mass is 10.2. The Bertz CT molecular complexity index is 1260. The summed E-state index contributed by atoms with van der Waals surface area (Å²) in [5.41, 5.74) is 1.55. The minimum atomic E-state index is -4.71. The molecule has 11 nitrogen and oxygen atoms in total. The van der Waals surface area contributed by atoms with Gasteiger partial charge < -0.3 is 28.9 Å².